The standard InChI is InChI=1S/C11H11N9O/c12-11-13-6-19(16-11)5-10(21)15-8-1-3-9(4-2-8)20-7-14-17-18-20/h1-4,6-7H,5H2,(H2,12,16)(H,15,21). The third-order valence-corrected chi connectivity index (χ3v) is 2.62. The summed E-state index contributed by atoms with van der Waals surface area (Å²) < 4.78 is 2.88. The van der Waals surface area contributed by atoms with Crippen molar-refractivity contribution in [1.29, 1.82) is 0 Å². The van der Waals surface area contributed by atoms with Gasteiger partial charge in [-0.3, -0.25) is 4.79 Å². The van der Waals surface area contributed by atoms with Gasteiger partial charge >= 0.3 is 0 Å². The van der Waals surface area contributed by atoms with Crippen molar-refractivity contribution in [3.8, 4) is 5.69 Å². The van der Waals surface area contributed by atoms with Crippen LogP contribution in [0.1, 0.15) is 0 Å². The summed E-state index contributed by atoms with van der Waals surface area (Å²) >= 11 is 0. The highest BCUT2D eigenvalue weighted by atomic mass is 16.2. The van der Waals surface area contributed by atoms with E-state index in [-0.39, 0.29) is 18.4 Å². The first-order valence-corrected chi connectivity index (χ1v) is 5.99. The number of anilines is 2. The van der Waals surface area contributed by atoms with Crippen molar-refractivity contribution < 1.29 is 4.79 Å². The van der Waals surface area contributed by atoms with E-state index in [1.54, 1.807) is 24.3 Å². The molecule has 0 aliphatic carbocycles. The van der Waals surface area contributed by atoms with Crippen molar-refractivity contribution in [2.75, 3.05) is 11.1 Å². The molecule has 10 heteroatoms. The quantitative estimate of drug-likeness (QED) is 0.659. The van der Waals surface area contributed by atoms with Gasteiger partial charge in [0.1, 0.15) is 19.2 Å². The van der Waals surface area contributed by atoms with Crippen LogP contribution in [0.2, 0.25) is 0 Å². The van der Waals surface area contributed by atoms with Crippen LogP contribution in [0, 0.1) is 0 Å². The van der Waals surface area contributed by atoms with Gasteiger partial charge in [0.2, 0.25) is 11.9 Å². The number of amides is 1. The summed E-state index contributed by atoms with van der Waals surface area (Å²) in [6.45, 7) is 0.0406. The zero-order valence-corrected chi connectivity index (χ0v) is 10.8. The third kappa shape index (κ3) is 3.00. The van der Waals surface area contributed by atoms with Crippen LogP contribution in [-0.4, -0.2) is 40.9 Å². The van der Waals surface area contributed by atoms with Gasteiger partial charge in [0, 0.05) is 5.69 Å². The zero-order chi connectivity index (χ0) is 14.7. The molecular formula is C11H11N9O. The van der Waals surface area contributed by atoms with Crippen LogP contribution in [0.15, 0.2) is 36.9 Å². The van der Waals surface area contributed by atoms with Crippen LogP contribution >= 0.6 is 0 Å². The second-order valence-electron chi connectivity index (χ2n) is 4.15. The fourth-order valence-electron chi connectivity index (χ4n) is 1.71. The van der Waals surface area contributed by atoms with Crippen LogP contribution < -0.4 is 11.1 Å². The minimum absolute atomic E-state index is 0.0406. The van der Waals surface area contributed by atoms with Crippen LogP contribution in [0.5, 0.6) is 0 Å². The van der Waals surface area contributed by atoms with Gasteiger partial charge in [-0.15, -0.1) is 10.2 Å². The Morgan fingerprint density at radius 3 is 2.67 bits per heavy atom. The van der Waals surface area contributed by atoms with Crippen molar-refractivity contribution in [2.45, 2.75) is 6.54 Å². The molecule has 0 aliphatic heterocycles. The van der Waals surface area contributed by atoms with E-state index in [0.717, 1.165) is 5.69 Å². The Morgan fingerprint density at radius 1 is 1.24 bits per heavy atom. The van der Waals surface area contributed by atoms with E-state index in [2.05, 4.69) is 30.9 Å². The average Bonchev–Trinajstić information content (AvgIpc) is 3.11. The number of nitrogens with zero attached hydrogens (tertiary/aromatic N) is 7. The summed E-state index contributed by atoms with van der Waals surface area (Å²) in [5.74, 6) is -0.0938. The highest BCUT2D eigenvalue weighted by molar-refractivity contribution is 5.90. The average molecular weight is 285 g/mol. The van der Waals surface area contributed by atoms with Gasteiger partial charge < -0.3 is 11.1 Å². The van der Waals surface area contributed by atoms with Gasteiger partial charge in [-0.2, -0.15) is 0 Å². The second-order valence-corrected chi connectivity index (χ2v) is 4.15. The predicted octanol–water partition coefficient (Wildman–Crippen LogP) is -0.525. The molecule has 0 saturated carbocycles. The van der Waals surface area contributed by atoms with E-state index in [9.17, 15) is 4.79 Å². The van der Waals surface area contributed by atoms with Gasteiger partial charge in [-0.25, -0.2) is 14.3 Å². The number of rotatable bonds is 4. The largest absolute Gasteiger partial charge is 0.367 e. The molecule has 3 N–H and O–H groups in total. The molecule has 1 amide bonds. The molecule has 0 atom stereocenters. The Kier molecular flexibility index (Phi) is 3.25. The number of nitrogen functional groups attached to an aromatic ring is 1. The van der Waals surface area contributed by atoms with Gasteiger partial charge in [-0.1, -0.05) is 0 Å². The number of carbonyl (C=O) groups excluding carboxylic acids is 1. The normalized spacial score (nSPS) is 10.5. The molecule has 10 nitrogen and oxygen atoms in total. The van der Waals surface area contributed by atoms with E-state index in [4.69, 9.17) is 5.73 Å². The molecule has 1 aromatic carbocycles. The minimum atomic E-state index is -0.227. The minimum Gasteiger partial charge on any atom is -0.367 e. The van der Waals surface area contributed by atoms with Crippen molar-refractivity contribution >= 4 is 17.5 Å². The van der Waals surface area contributed by atoms with Crippen LogP contribution in [0.4, 0.5) is 11.6 Å². The van der Waals surface area contributed by atoms with E-state index < -0.39 is 0 Å². The summed E-state index contributed by atoms with van der Waals surface area (Å²) in [6, 6.07) is 7.09. The number of tetrazole rings is 1. The number of hydrogen-bond donors (Lipinski definition) is 2. The Morgan fingerprint density at radius 2 is 2.05 bits per heavy atom. The maximum atomic E-state index is 11.8. The molecule has 3 aromatic rings. The van der Waals surface area contributed by atoms with Crippen LogP contribution in [0.25, 0.3) is 5.69 Å². The number of hydrogen-bond acceptors (Lipinski definition) is 7. The molecule has 106 valence electrons. The molecule has 0 bridgehead atoms. The molecular weight excluding hydrogens is 274 g/mol. The van der Waals surface area contributed by atoms with Gasteiger partial charge in [0.05, 0.1) is 5.69 Å². The topological polar surface area (TPSA) is 129 Å². The Labute approximate surface area is 118 Å². The number of nitrogens with two attached hydrogens (primary N) is 1. The second kappa shape index (κ2) is 5.36. The van der Waals surface area contributed by atoms with E-state index >= 15 is 0 Å². The summed E-state index contributed by atoms with van der Waals surface area (Å²) in [7, 11) is 0. The van der Waals surface area contributed by atoms with Crippen LogP contribution in [-0.2, 0) is 11.3 Å². The summed E-state index contributed by atoms with van der Waals surface area (Å²) in [6.07, 6.45) is 2.89. The van der Waals surface area contributed by atoms with Gasteiger partial charge in [0.15, 0.2) is 0 Å². The molecule has 2 aromatic heterocycles. The molecule has 0 aliphatic rings. The van der Waals surface area contributed by atoms with Crippen LogP contribution in [0.3, 0.4) is 0 Å². The molecule has 21 heavy (non-hydrogen) atoms. The molecule has 3 rings (SSSR count). The summed E-state index contributed by atoms with van der Waals surface area (Å²) in [4.78, 5) is 15.6. The number of benzene rings is 1. The lowest BCUT2D eigenvalue weighted by Crippen LogP contribution is -2.19. The maximum Gasteiger partial charge on any atom is 0.246 e. The third-order valence-electron chi connectivity index (χ3n) is 2.62. The maximum absolute atomic E-state index is 11.8. The first-order chi connectivity index (χ1) is 10.2. The zero-order valence-electron chi connectivity index (χ0n) is 10.8. The SMILES string of the molecule is Nc1ncn(CC(=O)Nc2ccc(-n3cnnn3)cc2)n1. The molecule has 0 fully saturated rings. The first kappa shape index (κ1) is 12.7. The van der Waals surface area contributed by atoms with Crippen molar-refractivity contribution in [3.63, 3.8) is 0 Å². The number of nitrogens with one attached hydrogen (secondary N) is 1. The Balaban J connectivity index is 1.63. The van der Waals surface area contributed by atoms with Crippen molar-refractivity contribution in [3.05, 3.63) is 36.9 Å². The summed E-state index contributed by atoms with van der Waals surface area (Å²) in [5.41, 5.74) is 6.83. The Hall–Kier alpha value is -3.30. The molecule has 0 radical (unpaired) electrons. The van der Waals surface area contributed by atoms with Crippen molar-refractivity contribution in [1.82, 2.24) is 35.0 Å². The summed E-state index contributed by atoms with van der Waals surface area (Å²) in [5, 5.41) is 17.5. The molecule has 0 unspecified atom stereocenters. The molecule has 0 saturated heterocycles. The van der Waals surface area contributed by atoms with E-state index in [1.807, 2.05) is 0 Å². The van der Waals surface area contributed by atoms with Gasteiger partial charge in [-0.05, 0) is 34.7 Å². The molecule has 0 spiro atoms. The smallest absolute Gasteiger partial charge is 0.246 e. The fourth-order valence-corrected chi connectivity index (χ4v) is 1.71. The highest BCUT2D eigenvalue weighted by Gasteiger charge is 2.06. The number of carbonyl (C=O) groups is 1. The molecule has 2 heterocycles. The Bertz CT molecular complexity index is 731. The lowest BCUT2D eigenvalue weighted by molar-refractivity contribution is -0.116. The van der Waals surface area contributed by atoms with Gasteiger partial charge in [0.25, 0.3) is 0 Å². The predicted molar refractivity (Wildman–Crippen MR) is 72.2 cm³/mol. The first-order valence-electron chi connectivity index (χ1n) is 5.99. The fraction of sp³-hybridized carbons (Fsp3) is 0.0909. The lowest BCUT2D eigenvalue weighted by Gasteiger charge is -2.06. The van der Waals surface area contributed by atoms with E-state index in [0.29, 0.717) is 5.69 Å². The lowest BCUT2D eigenvalue weighted by atomic mass is 10.3. The highest BCUT2D eigenvalue weighted by Crippen LogP contribution is 2.11. The number of aromatic nitrogens is 7. The van der Waals surface area contributed by atoms with Crippen molar-refractivity contribution in [2.24, 2.45) is 0 Å². The monoisotopic (exact) mass is 285 g/mol. The van der Waals surface area contributed by atoms with E-state index in [1.165, 1.54) is 22.0 Å².